The van der Waals surface area contributed by atoms with Gasteiger partial charge in [0.15, 0.2) is 11.5 Å². The Kier molecular flexibility index (Phi) is 8.49. The maximum absolute atomic E-state index is 13.0. The number of imide groups is 1. The molecule has 42 heavy (non-hydrogen) atoms. The van der Waals surface area contributed by atoms with E-state index in [0.29, 0.717) is 86.5 Å². The van der Waals surface area contributed by atoms with Gasteiger partial charge in [0.25, 0.3) is 11.1 Å². The summed E-state index contributed by atoms with van der Waals surface area (Å²) in [5.41, 5.74) is 1.57. The summed E-state index contributed by atoms with van der Waals surface area (Å²) in [6.07, 6.45) is 1.68. The van der Waals surface area contributed by atoms with Gasteiger partial charge in [-0.1, -0.05) is 36.4 Å². The van der Waals surface area contributed by atoms with Crippen molar-refractivity contribution in [1.29, 1.82) is 0 Å². The van der Waals surface area contributed by atoms with Gasteiger partial charge in [0.1, 0.15) is 0 Å². The van der Waals surface area contributed by atoms with Crippen LogP contribution in [0.15, 0.2) is 53.4 Å². The summed E-state index contributed by atoms with van der Waals surface area (Å²) < 4.78 is 22.8. The SMILES string of the molecule is COc1cc(/C=C2\SC(=O)N(Cc3ccccc3)C2=O)ccc1Oc1nc(N2CCOCC2)nc(N2CCOCC2)n1. The number of amides is 2. The Bertz CT molecular complexity index is 1440. The van der Waals surface area contributed by atoms with Crippen LogP contribution in [-0.2, 0) is 20.8 Å². The molecule has 6 rings (SSSR count). The molecule has 1 aromatic heterocycles. The number of benzene rings is 2. The molecule has 2 aromatic carbocycles. The van der Waals surface area contributed by atoms with E-state index in [2.05, 4.69) is 9.97 Å². The van der Waals surface area contributed by atoms with Gasteiger partial charge in [-0.05, 0) is 41.1 Å². The van der Waals surface area contributed by atoms with Crippen molar-refractivity contribution in [1.82, 2.24) is 19.9 Å². The third-order valence-electron chi connectivity index (χ3n) is 6.92. The van der Waals surface area contributed by atoms with Crippen LogP contribution in [-0.4, -0.2) is 90.7 Å². The standard InChI is InChI=1S/C29H30N6O6S/c1-38-23-17-21(18-24-25(36)35(29(37)42-24)19-20-5-3-2-4-6-20)7-8-22(23)41-28-31-26(33-9-13-39-14-10-33)30-27(32-28)34-11-15-40-16-12-34/h2-8,17-18H,9-16,19H2,1H3/b24-18-. The van der Waals surface area contributed by atoms with Gasteiger partial charge < -0.3 is 28.7 Å². The highest BCUT2D eigenvalue weighted by molar-refractivity contribution is 8.18. The van der Waals surface area contributed by atoms with Crippen LogP contribution < -0.4 is 19.3 Å². The zero-order valence-corrected chi connectivity index (χ0v) is 23.9. The van der Waals surface area contributed by atoms with Gasteiger partial charge in [0.2, 0.25) is 11.9 Å². The van der Waals surface area contributed by atoms with Crippen molar-refractivity contribution in [3.63, 3.8) is 0 Å². The second-order valence-corrected chi connectivity index (χ2v) is 10.7. The van der Waals surface area contributed by atoms with E-state index < -0.39 is 0 Å². The molecule has 0 radical (unpaired) electrons. The van der Waals surface area contributed by atoms with Gasteiger partial charge in [-0.3, -0.25) is 14.5 Å². The summed E-state index contributed by atoms with van der Waals surface area (Å²) in [6.45, 7) is 5.27. The molecule has 3 aliphatic heterocycles. The van der Waals surface area contributed by atoms with E-state index in [-0.39, 0.29) is 23.7 Å². The molecule has 13 heteroatoms. The Hall–Kier alpha value is -4.20. The van der Waals surface area contributed by atoms with Crippen LogP contribution in [0.4, 0.5) is 16.7 Å². The van der Waals surface area contributed by atoms with Crippen molar-refractivity contribution >= 4 is 40.9 Å². The number of nitrogens with zero attached hydrogens (tertiary/aromatic N) is 6. The highest BCUT2D eigenvalue weighted by Gasteiger charge is 2.35. The zero-order valence-electron chi connectivity index (χ0n) is 23.1. The lowest BCUT2D eigenvalue weighted by molar-refractivity contribution is -0.123. The first-order chi connectivity index (χ1) is 20.6. The van der Waals surface area contributed by atoms with Crippen molar-refractivity contribution in [3.05, 3.63) is 64.6 Å². The highest BCUT2D eigenvalue weighted by atomic mass is 32.2. The summed E-state index contributed by atoms with van der Waals surface area (Å²) in [4.78, 5) is 45.2. The first-order valence-electron chi connectivity index (χ1n) is 13.6. The van der Waals surface area contributed by atoms with Crippen LogP contribution in [0, 0.1) is 0 Å². The third kappa shape index (κ3) is 6.32. The maximum Gasteiger partial charge on any atom is 0.328 e. The number of hydrogen-bond acceptors (Lipinski definition) is 12. The molecule has 3 saturated heterocycles. The molecule has 0 atom stereocenters. The van der Waals surface area contributed by atoms with Crippen LogP contribution in [0.1, 0.15) is 11.1 Å². The summed E-state index contributed by atoms with van der Waals surface area (Å²) in [5.74, 6) is 1.54. The molecular weight excluding hydrogens is 560 g/mol. The van der Waals surface area contributed by atoms with Crippen molar-refractivity contribution in [2.45, 2.75) is 6.54 Å². The predicted molar refractivity (Wildman–Crippen MR) is 157 cm³/mol. The van der Waals surface area contributed by atoms with E-state index in [1.165, 1.54) is 12.0 Å². The zero-order chi connectivity index (χ0) is 28.9. The normalized spacial score (nSPS) is 18.6. The molecule has 3 aromatic rings. The molecule has 12 nitrogen and oxygen atoms in total. The lowest BCUT2D eigenvalue weighted by Gasteiger charge is -2.30. The molecule has 0 bridgehead atoms. The minimum Gasteiger partial charge on any atom is -0.493 e. The molecule has 0 N–H and O–H groups in total. The lowest BCUT2D eigenvalue weighted by atomic mass is 10.1. The monoisotopic (exact) mass is 590 g/mol. The van der Waals surface area contributed by atoms with Crippen LogP contribution in [0.5, 0.6) is 17.5 Å². The first kappa shape index (κ1) is 27.9. The molecule has 3 fully saturated rings. The average Bonchev–Trinajstić information content (AvgIpc) is 3.30. The van der Waals surface area contributed by atoms with Crippen molar-refractivity contribution in [2.24, 2.45) is 0 Å². The Balaban J connectivity index is 1.23. The fourth-order valence-electron chi connectivity index (χ4n) is 4.70. The fourth-order valence-corrected chi connectivity index (χ4v) is 5.54. The number of methoxy groups -OCH3 is 1. The maximum atomic E-state index is 13.0. The molecule has 3 aliphatic rings. The number of morpholine rings is 2. The minimum atomic E-state index is -0.329. The van der Waals surface area contributed by atoms with Gasteiger partial charge in [-0.25, -0.2) is 0 Å². The van der Waals surface area contributed by atoms with E-state index in [1.54, 1.807) is 24.3 Å². The number of carbonyl (C=O) groups is 2. The Morgan fingerprint density at radius 1 is 0.857 bits per heavy atom. The Morgan fingerprint density at radius 2 is 1.50 bits per heavy atom. The first-order valence-corrected chi connectivity index (χ1v) is 14.5. The smallest absolute Gasteiger partial charge is 0.328 e. The summed E-state index contributed by atoms with van der Waals surface area (Å²) in [5, 5.41) is -0.302. The predicted octanol–water partition coefficient (Wildman–Crippen LogP) is 3.58. The lowest BCUT2D eigenvalue weighted by Crippen LogP contribution is -2.40. The number of rotatable bonds is 8. The van der Waals surface area contributed by atoms with E-state index >= 15 is 0 Å². The molecule has 0 unspecified atom stereocenters. The third-order valence-corrected chi connectivity index (χ3v) is 7.83. The van der Waals surface area contributed by atoms with Crippen LogP contribution in [0.25, 0.3) is 6.08 Å². The van der Waals surface area contributed by atoms with Crippen molar-refractivity contribution in [2.75, 3.05) is 69.5 Å². The van der Waals surface area contributed by atoms with Crippen LogP contribution >= 0.6 is 11.8 Å². The number of carbonyl (C=O) groups excluding carboxylic acids is 2. The fraction of sp³-hybridized carbons (Fsp3) is 0.345. The van der Waals surface area contributed by atoms with Gasteiger partial charge in [0, 0.05) is 26.2 Å². The summed E-state index contributed by atoms with van der Waals surface area (Å²) >= 11 is 0.919. The number of aromatic nitrogens is 3. The van der Waals surface area contributed by atoms with Gasteiger partial charge in [-0.15, -0.1) is 0 Å². The van der Waals surface area contributed by atoms with Gasteiger partial charge in [-0.2, -0.15) is 15.0 Å². The molecule has 4 heterocycles. The number of thioether (sulfide) groups is 1. The molecule has 0 saturated carbocycles. The van der Waals surface area contributed by atoms with E-state index in [4.69, 9.17) is 23.9 Å². The van der Waals surface area contributed by atoms with Crippen molar-refractivity contribution < 1.29 is 28.5 Å². The summed E-state index contributed by atoms with van der Waals surface area (Å²) in [6, 6.07) is 14.8. The Morgan fingerprint density at radius 3 is 2.12 bits per heavy atom. The van der Waals surface area contributed by atoms with E-state index in [1.807, 2.05) is 40.1 Å². The van der Waals surface area contributed by atoms with Crippen LogP contribution in [0.2, 0.25) is 0 Å². The van der Waals surface area contributed by atoms with Crippen molar-refractivity contribution in [3.8, 4) is 17.5 Å². The number of anilines is 2. The minimum absolute atomic E-state index is 0.140. The quantitative estimate of drug-likeness (QED) is 0.357. The summed E-state index contributed by atoms with van der Waals surface area (Å²) in [7, 11) is 1.53. The molecular formula is C29H30N6O6S. The second-order valence-electron chi connectivity index (χ2n) is 9.68. The number of ether oxygens (including phenoxy) is 4. The molecule has 0 spiro atoms. The van der Waals surface area contributed by atoms with Gasteiger partial charge >= 0.3 is 6.01 Å². The van der Waals surface area contributed by atoms with Gasteiger partial charge in [0.05, 0.1) is 45.0 Å². The Labute approximate surface area is 247 Å². The molecule has 218 valence electrons. The van der Waals surface area contributed by atoms with E-state index in [0.717, 1.165) is 17.3 Å². The highest BCUT2D eigenvalue weighted by Crippen LogP contribution is 2.36. The second kappa shape index (κ2) is 12.8. The molecule has 0 aliphatic carbocycles. The number of hydrogen-bond donors (Lipinski definition) is 0. The topological polar surface area (TPSA) is 119 Å². The largest absolute Gasteiger partial charge is 0.493 e. The average molecular weight is 591 g/mol. The van der Waals surface area contributed by atoms with E-state index in [9.17, 15) is 9.59 Å². The van der Waals surface area contributed by atoms with Crippen LogP contribution in [0.3, 0.4) is 0 Å². The molecule has 2 amide bonds.